The molecule has 0 aliphatic heterocycles. The number of nitrogens with two attached hydrogens (primary N) is 1. The minimum Gasteiger partial charge on any atom is -0.356 e. The lowest BCUT2D eigenvalue weighted by Gasteiger charge is -2.02. The third kappa shape index (κ3) is 5.11. The Bertz CT molecular complexity index is 274. The van der Waals surface area contributed by atoms with Crippen molar-refractivity contribution in [3.05, 3.63) is 12.2 Å². The number of unbranched alkanes of at least 4 members (excludes halogenated alkanes) is 1. The SMILES string of the molecule is NCCCCC(=O)NCCc1ncno1. The van der Waals surface area contributed by atoms with Crippen LogP contribution in [0.15, 0.2) is 10.9 Å². The van der Waals surface area contributed by atoms with E-state index in [1.807, 2.05) is 0 Å². The quantitative estimate of drug-likeness (QED) is 0.613. The molecule has 1 heterocycles. The monoisotopic (exact) mass is 212 g/mol. The maximum Gasteiger partial charge on any atom is 0.228 e. The standard InChI is InChI=1S/C9H16N4O2/c10-5-2-1-3-8(14)11-6-4-9-12-7-13-15-9/h7H,1-6,10H2,(H,11,14). The van der Waals surface area contributed by atoms with Gasteiger partial charge < -0.3 is 15.6 Å². The molecule has 0 unspecified atom stereocenters. The molecule has 0 saturated heterocycles. The summed E-state index contributed by atoms with van der Waals surface area (Å²) in [7, 11) is 0. The topological polar surface area (TPSA) is 94.0 Å². The van der Waals surface area contributed by atoms with Crippen molar-refractivity contribution in [1.82, 2.24) is 15.5 Å². The van der Waals surface area contributed by atoms with Crippen LogP contribution < -0.4 is 11.1 Å². The predicted octanol–water partition coefficient (Wildman–Crippen LogP) is -0.143. The van der Waals surface area contributed by atoms with E-state index in [9.17, 15) is 4.79 Å². The van der Waals surface area contributed by atoms with Crippen molar-refractivity contribution >= 4 is 5.91 Å². The van der Waals surface area contributed by atoms with Gasteiger partial charge in [-0.1, -0.05) is 5.16 Å². The largest absolute Gasteiger partial charge is 0.356 e. The number of hydrogen-bond donors (Lipinski definition) is 2. The first-order valence-electron chi connectivity index (χ1n) is 5.05. The highest BCUT2D eigenvalue weighted by molar-refractivity contribution is 5.75. The van der Waals surface area contributed by atoms with Crippen molar-refractivity contribution < 1.29 is 9.32 Å². The average molecular weight is 212 g/mol. The molecular formula is C9H16N4O2. The third-order valence-corrected chi connectivity index (χ3v) is 1.93. The van der Waals surface area contributed by atoms with Gasteiger partial charge in [-0.3, -0.25) is 4.79 Å². The van der Waals surface area contributed by atoms with E-state index in [1.165, 1.54) is 6.33 Å². The molecule has 0 aliphatic rings. The van der Waals surface area contributed by atoms with Gasteiger partial charge in [0.05, 0.1) is 0 Å². The van der Waals surface area contributed by atoms with Crippen LogP contribution in [0.5, 0.6) is 0 Å². The van der Waals surface area contributed by atoms with Crippen LogP contribution >= 0.6 is 0 Å². The summed E-state index contributed by atoms with van der Waals surface area (Å²) in [5, 5.41) is 6.24. The summed E-state index contributed by atoms with van der Waals surface area (Å²) in [4.78, 5) is 15.1. The highest BCUT2D eigenvalue weighted by Gasteiger charge is 2.02. The van der Waals surface area contributed by atoms with Crippen molar-refractivity contribution in [3.8, 4) is 0 Å². The van der Waals surface area contributed by atoms with Gasteiger partial charge in [-0.25, -0.2) is 0 Å². The van der Waals surface area contributed by atoms with Gasteiger partial charge in [-0.15, -0.1) is 0 Å². The fourth-order valence-electron chi connectivity index (χ4n) is 1.13. The number of carbonyl (C=O) groups is 1. The molecule has 0 radical (unpaired) electrons. The zero-order valence-corrected chi connectivity index (χ0v) is 8.61. The van der Waals surface area contributed by atoms with Crippen molar-refractivity contribution in [2.24, 2.45) is 5.73 Å². The van der Waals surface area contributed by atoms with Gasteiger partial charge in [0.15, 0.2) is 6.33 Å². The Morgan fingerprint density at radius 2 is 2.40 bits per heavy atom. The van der Waals surface area contributed by atoms with Gasteiger partial charge in [-0.2, -0.15) is 4.98 Å². The number of hydrogen-bond acceptors (Lipinski definition) is 5. The lowest BCUT2D eigenvalue weighted by molar-refractivity contribution is -0.121. The fourth-order valence-corrected chi connectivity index (χ4v) is 1.13. The Morgan fingerprint density at radius 3 is 3.07 bits per heavy atom. The minimum absolute atomic E-state index is 0.0444. The molecule has 15 heavy (non-hydrogen) atoms. The molecule has 1 aromatic rings. The minimum atomic E-state index is 0.0444. The Labute approximate surface area is 88.2 Å². The first kappa shape index (κ1) is 11.6. The summed E-state index contributed by atoms with van der Waals surface area (Å²) in [6.07, 6.45) is 4.17. The second-order valence-corrected chi connectivity index (χ2v) is 3.18. The molecule has 0 fully saturated rings. The van der Waals surface area contributed by atoms with E-state index in [-0.39, 0.29) is 5.91 Å². The maximum atomic E-state index is 11.2. The fraction of sp³-hybridized carbons (Fsp3) is 0.667. The number of aromatic nitrogens is 2. The van der Waals surface area contributed by atoms with E-state index in [1.54, 1.807) is 0 Å². The van der Waals surface area contributed by atoms with Crippen LogP contribution in [0.2, 0.25) is 0 Å². The number of nitrogens with zero attached hydrogens (tertiary/aromatic N) is 2. The molecule has 0 spiro atoms. The number of carbonyl (C=O) groups excluding carboxylic acids is 1. The summed E-state index contributed by atoms with van der Waals surface area (Å²) in [5.41, 5.74) is 5.32. The molecule has 6 nitrogen and oxygen atoms in total. The summed E-state index contributed by atoms with van der Waals surface area (Å²) >= 11 is 0. The molecule has 6 heteroatoms. The Kier molecular flexibility index (Phi) is 5.39. The van der Waals surface area contributed by atoms with E-state index >= 15 is 0 Å². The lowest BCUT2D eigenvalue weighted by atomic mass is 10.2. The average Bonchev–Trinajstić information content (AvgIpc) is 2.71. The Hall–Kier alpha value is -1.43. The normalized spacial score (nSPS) is 10.2. The Balaban J connectivity index is 2.02. The number of nitrogens with one attached hydrogen (secondary N) is 1. The van der Waals surface area contributed by atoms with Crippen LogP contribution in [0.25, 0.3) is 0 Å². The molecule has 0 aromatic carbocycles. The zero-order valence-electron chi connectivity index (χ0n) is 8.61. The summed E-state index contributed by atoms with van der Waals surface area (Å²) in [6.45, 7) is 1.17. The van der Waals surface area contributed by atoms with Crippen molar-refractivity contribution in [3.63, 3.8) is 0 Å². The van der Waals surface area contributed by atoms with Gasteiger partial charge in [0, 0.05) is 19.4 Å². The molecule has 84 valence electrons. The van der Waals surface area contributed by atoms with E-state index in [0.29, 0.717) is 31.8 Å². The predicted molar refractivity (Wildman–Crippen MR) is 53.9 cm³/mol. The molecule has 0 bridgehead atoms. The van der Waals surface area contributed by atoms with Crippen LogP contribution in [0.1, 0.15) is 25.2 Å². The van der Waals surface area contributed by atoms with Gasteiger partial charge in [0.25, 0.3) is 0 Å². The second kappa shape index (κ2) is 6.94. The number of rotatable bonds is 7. The smallest absolute Gasteiger partial charge is 0.228 e. The summed E-state index contributed by atoms with van der Waals surface area (Å²) < 4.78 is 4.78. The molecular weight excluding hydrogens is 196 g/mol. The van der Waals surface area contributed by atoms with E-state index in [2.05, 4.69) is 15.5 Å². The highest BCUT2D eigenvalue weighted by Crippen LogP contribution is 1.94. The van der Waals surface area contributed by atoms with Gasteiger partial charge >= 0.3 is 0 Å². The van der Waals surface area contributed by atoms with Gasteiger partial charge in [0.1, 0.15) is 0 Å². The molecule has 0 saturated carbocycles. The first-order valence-corrected chi connectivity index (χ1v) is 5.05. The third-order valence-electron chi connectivity index (χ3n) is 1.93. The van der Waals surface area contributed by atoms with Crippen molar-refractivity contribution in [2.75, 3.05) is 13.1 Å². The molecule has 1 aromatic heterocycles. The molecule has 1 rings (SSSR count). The van der Waals surface area contributed by atoms with Gasteiger partial charge in [0.2, 0.25) is 11.8 Å². The molecule has 3 N–H and O–H groups in total. The molecule has 0 atom stereocenters. The van der Waals surface area contributed by atoms with Crippen LogP contribution in [0.4, 0.5) is 0 Å². The van der Waals surface area contributed by atoms with Crippen molar-refractivity contribution in [1.29, 1.82) is 0 Å². The van der Waals surface area contributed by atoms with E-state index < -0.39 is 0 Å². The van der Waals surface area contributed by atoms with E-state index in [0.717, 1.165) is 12.8 Å². The number of amides is 1. The van der Waals surface area contributed by atoms with E-state index in [4.69, 9.17) is 10.3 Å². The summed E-state index contributed by atoms with van der Waals surface area (Å²) in [5.74, 6) is 0.584. The van der Waals surface area contributed by atoms with Crippen molar-refractivity contribution in [2.45, 2.75) is 25.7 Å². The Morgan fingerprint density at radius 1 is 1.53 bits per heavy atom. The first-order chi connectivity index (χ1) is 7.33. The molecule has 1 amide bonds. The van der Waals surface area contributed by atoms with Crippen LogP contribution in [0.3, 0.4) is 0 Å². The second-order valence-electron chi connectivity index (χ2n) is 3.18. The maximum absolute atomic E-state index is 11.2. The van der Waals surface area contributed by atoms with Gasteiger partial charge in [-0.05, 0) is 19.4 Å². The summed E-state index contributed by atoms with van der Waals surface area (Å²) in [6, 6.07) is 0. The van der Waals surface area contributed by atoms with Crippen LogP contribution in [0, 0.1) is 0 Å². The van der Waals surface area contributed by atoms with Crippen LogP contribution in [-0.2, 0) is 11.2 Å². The lowest BCUT2D eigenvalue weighted by Crippen LogP contribution is -2.25. The van der Waals surface area contributed by atoms with Crippen LogP contribution in [-0.4, -0.2) is 29.1 Å². The zero-order chi connectivity index (χ0) is 10.9. The molecule has 0 aliphatic carbocycles. The highest BCUT2D eigenvalue weighted by atomic mass is 16.5.